The molecule has 0 spiro atoms. The van der Waals surface area contributed by atoms with Gasteiger partial charge in [0.1, 0.15) is 17.2 Å². The summed E-state index contributed by atoms with van der Waals surface area (Å²) in [6.45, 7) is 8.02. The molecule has 6 heteroatoms. The van der Waals surface area contributed by atoms with Crippen molar-refractivity contribution in [3.8, 4) is 5.75 Å². The fourth-order valence-corrected chi connectivity index (χ4v) is 1.96. The van der Waals surface area contributed by atoms with Gasteiger partial charge < -0.3 is 19.9 Å². The fourth-order valence-electron chi connectivity index (χ4n) is 1.96. The first kappa shape index (κ1) is 15.9. The number of amides is 2. The van der Waals surface area contributed by atoms with Crippen molar-refractivity contribution in [3.05, 3.63) is 41.3 Å². The van der Waals surface area contributed by atoms with Crippen molar-refractivity contribution in [1.29, 1.82) is 0 Å². The van der Waals surface area contributed by atoms with Crippen molar-refractivity contribution in [2.75, 3.05) is 5.32 Å². The molecule has 1 aromatic carbocycles. The molecule has 22 heavy (non-hydrogen) atoms. The summed E-state index contributed by atoms with van der Waals surface area (Å²) >= 11 is 0. The lowest BCUT2D eigenvalue weighted by molar-refractivity contribution is 0.240. The molecule has 0 aliphatic rings. The number of hydrogen-bond acceptors (Lipinski definition) is 4. The highest BCUT2D eigenvalue weighted by atomic mass is 16.5. The maximum atomic E-state index is 11.9. The third-order valence-corrected chi connectivity index (χ3v) is 2.90. The maximum Gasteiger partial charge on any atom is 0.319 e. The molecule has 2 aromatic rings. The van der Waals surface area contributed by atoms with Crippen LogP contribution in [0.4, 0.5) is 10.5 Å². The van der Waals surface area contributed by atoms with Crippen molar-refractivity contribution in [1.82, 2.24) is 10.5 Å². The van der Waals surface area contributed by atoms with Crippen LogP contribution in [0, 0.1) is 13.8 Å². The number of aryl methyl sites for hydroxylation is 2. The number of ether oxygens (including phenoxy) is 1. The van der Waals surface area contributed by atoms with E-state index in [2.05, 4.69) is 15.8 Å². The van der Waals surface area contributed by atoms with E-state index in [1.807, 2.05) is 39.0 Å². The van der Waals surface area contributed by atoms with Gasteiger partial charge in [0.05, 0.1) is 12.6 Å². The minimum atomic E-state index is -0.294. The number of urea groups is 1. The van der Waals surface area contributed by atoms with Crippen LogP contribution in [0.1, 0.15) is 30.9 Å². The van der Waals surface area contributed by atoms with Gasteiger partial charge >= 0.3 is 6.03 Å². The second-order valence-electron chi connectivity index (χ2n) is 5.38. The average molecular weight is 303 g/mol. The van der Waals surface area contributed by atoms with E-state index in [1.54, 1.807) is 13.0 Å². The molecule has 2 rings (SSSR count). The molecule has 0 bridgehead atoms. The van der Waals surface area contributed by atoms with E-state index < -0.39 is 0 Å². The number of rotatable bonds is 5. The molecule has 0 fully saturated rings. The van der Waals surface area contributed by atoms with Crippen molar-refractivity contribution >= 4 is 11.7 Å². The molecule has 0 aliphatic heterocycles. The molecule has 2 amide bonds. The third-order valence-electron chi connectivity index (χ3n) is 2.90. The van der Waals surface area contributed by atoms with E-state index in [1.165, 1.54) is 0 Å². The van der Waals surface area contributed by atoms with Gasteiger partial charge in [0.2, 0.25) is 0 Å². The van der Waals surface area contributed by atoms with Gasteiger partial charge in [-0.05, 0) is 51.5 Å². The zero-order valence-electron chi connectivity index (χ0n) is 13.3. The number of carbonyl (C=O) groups excluding carboxylic acids is 1. The fraction of sp³-hybridized carbons (Fsp3) is 0.375. The Bertz CT molecular complexity index is 650. The summed E-state index contributed by atoms with van der Waals surface area (Å²) in [5, 5.41) is 9.31. The lowest BCUT2D eigenvalue weighted by atomic mass is 10.2. The number of hydrogen-bond donors (Lipinski definition) is 2. The maximum absolute atomic E-state index is 11.9. The molecule has 1 heterocycles. The van der Waals surface area contributed by atoms with Crippen LogP contribution < -0.4 is 15.4 Å². The Morgan fingerprint density at radius 3 is 2.68 bits per heavy atom. The molecule has 0 aliphatic carbocycles. The van der Waals surface area contributed by atoms with Gasteiger partial charge in [0, 0.05) is 11.8 Å². The normalized spacial score (nSPS) is 10.6. The monoisotopic (exact) mass is 303 g/mol. The predicted molar refractivity (Wildman–Crippen MR) is 84.0 cm³/mol. The van der Waals surface area contributed by atoms with Crippen LogP contribution in [-0.2, 0) is 6.54 Å². The molecule has 118 valence electrons. The minimum Gasteiger partial charge on any atom is -0.491 e. The summed E-state index contributed by atoms with van der Waals surface area (Å²) < 4.78 is 10.6. The Kier molecular flexibility index (Phi) is 5.04. The summed E-state index contributed by atoms with van der Waals surface area (Å²) in [5.41, 5.74) is 2.37. The highest BCUT2D eigenvalue weighted by Gasteiger charge is 2.07. The lowest BCUT2D eigenvalue weighted by Crippen LogP contribution is -2.28. The van der Waals surface area contributed by atoms with Crippen molar-refractivity contribution < 1.29 is 14.1 Å². The smallest absolute Gasteiger partial charge is 0.319 e. The van der Waals surface area contributed by atoms with Gasteiger partial charge in [-0.2, -0.15) is 0 Å². The zero-order chi connectivity index (χ0) is 16.1. The number of carbonyl (C=O) groups is 1. The molecule has 1 aromatic heterocycles. The first-order valence-electron chi connectivity index (χ1n) is 7.18. The van der Waals surface area contributed by atoms with Crippen LogP contribution in [-0.4, -0.2) is 17.3 Å². The van der Waals surface area contributed by atoms with E-state index >= 15 is 0 Å². The standard InChI is InChI=1S/C16H21N3O3/c1-10(2)21-15-6-5-13(7-11(15)3)18-16(20)17-9-14-8-12(4)22-19-14/h5-8,10H,9H2,1-4H3,(H2,17,18,20). The van der Waals surface area contributed by atoms with Gasteiger partial charge in [-0.25, -0.2) is 4.79 Å². The van der Waals surface area contributed by atoms with Crippen molar-refractivity contribution in [3.63, 3.8) is 0 Å². The number of anilines is 1. The van der Waals surface area contributed by atoms with Crippen molar-refractivity contribution in [2.45, 2.75) is 40.3 Å². The summed E-state index contributed by atoms with van der Waals surface area (Å²) in [7, 11) is 0. The molecule has 2 N–H and O–H groups in total. The Labute approximate surface area is 129 Å². The van der Waals surface area contributed by atoms with Crippen LogP contribution in [0.15, 0.2) is 28.8 Å². The van der Waals surface area contributed by atoms with E-state index in [4.69, 9.17) is 9.26 Å². The van der Waals surface area contributed by atoms with Gasteiger partial charge in [-0.1, -0.05) is 5.16 Å². The molecule has 0 saturated carbocycles. The van der Waals surface area contributed by atoms with Gasteiger partial charge in [0.15, 0.2) is 0 Å². The second-order valence-corrected chi connectivity index (χ2v) is 5.38. The Hall–Kier alpha value is -2.50. The number of benzene rings is 1. The first-order valence-corrected chi connectivity index (χ1v) is 7.18. The Morgan fingerprint density at radius 1 is 1.32 bits per heavy atom. The summed E-state index contributed by atoms with van der Waals surface area (Å²) in [4.78, 5) is 11.9. The quantitative estimate of drug-likeness (QED) is 0.887. The van der Waals surface area contributed by atoms with Crippen LogP contribution in [0.2, 0.25) is 0 Å². The lowest BCUT2D eigenvalue weighted by Gasteiger charge is -2.14. The van der Waals surface area contributed by atoms with Gasteiger partial charge in [0.25, 0.3) is 0 Å². The van der Waals surface area contributed by atoms with Gasteiger partial charge in [-0.3, -0.25) is 0 Å². The third kappa shape index (κ3) is 4.51. The molecule has 0 atom stereocenters. The summed E-state index contributed by atoms with van der Waals surface area (Å²) in [6.07, 6.45) is 0.117. The van der Waals surface area contributed by atoms with Crippen LogP contribution in [0.5, 0.6) is 5.75 Å². The molecule has 0 saturated heterocycles. The van der Waals surface area contributed by atoms with Crippen molar-refractivity contribution in [2.24, 2.45) is 0 Å². The van der Waals surface area contributed by atoms with E-state index in [0.29, 0.717) is 23.7 Å². The molecule has 6 nitrogen and oxygen atoms in total. The highest BCUT2D eigenvalue weighted by molar-refractivity contribution is 5.89. The SMILES string of the molecule is Cc1cc(CNC(=O)Nc2ccc(OC(C)C)c(C)c2)no1. The minimum absolute atomic E-state index is 0.117. The Morgan fingerprint density at radius 2 is 2.09 bits per heavy atom. The number of nitrogens with one attached hydrogen (secondary N) is 2. The molecule has 0 radical (unpaired) electrons. The summed E-state index contributed by atoms with van der Waals surface area (Å²) in [6, 6.07) is 7.02. The van der Waals surface area contributed by atoms with Crippen LogP contribution in [0.25, 0.3) is 0 Å². The predicted octanol–water partition coefficient (Wildman–Crippen LogP) is 3.40. The Balaban J connectivity index is 1.89. The summed E-state index contributed by atoms with van der Waals surface area (Å²) in [5.74, 6) is 1.53. The zero-order valence-corrected chi connectivity index (χ0v) is 13.3. The largest absolute Gasteiger partial charge is 0.491 e. The molecular formula is C16H21N3O3. The van der Waals surface area contributed by atoms with Crippen LogP contribution >= 0.6 is 0 Å². The van der Waals surface area contributed by atoms with Gasteiger partial charge in [-0.15, -0.1) is 0 Å². The van der Waals surface area contributed by atoms with E-state index in [9.17, 15) is 4.79 Å². The van der Waals surface area contributed by atoms with Crippen LogP contribution in [0.3, 0.4) is 0 Å². The first-order chi connectivity index (χ1) is 10.4. The number of nitrogens with zero attached hydrogens (tertiary/aromatic N) is 1. The van der Waals surface area contributed by atoms with E-state index in [-0.39, 0.29) is 12.1 Å². The van der Waals surface area contributed by atoms with E-state index in [0.717, 1.165) is 11.3 Å². The second kappa shape index (κ2) is 6.98. The highest BCUT2D eigenvalue weighted by Crippen LogP contribution is 2.22. The molecule has 0 unspecified atom stereocenters. The molecular weight excluding hydrogens is 282 g/mol. The average Bonchev–Trinajstić information content (AvgIpc) is 2.85. The topological polar surface area (TPSA) is 76.4 Å². The number of aromatic nitrogens is 1.